The summed E-state index contributed by atoms with van der Waals surface area (Å²) in [6.45, 7) is 1.74. The van der Waals surface area contributed by atoms with Crippen molar-refractivity contribution in [3.05, 3.63) is 57.8 Å². The molecule has 2 N–H and O–H groups in total. The predicted octanol–water partition coefficient (Wildman–Crippen LogP) is 2.90. The van der Waals surface area contributed by atoms with E-state index in [0.717, 1.165) is 15.7 Å². The third kappa shape index (κ3) is 3.39. The molecular weight excluding hydrogens is 308 g/mol. The van der Waals surface area contributed by atoms with Crippen molar-refractivity contribution in [2.45, 2.75) is 13.5 Å². The van der Waals surface area contributed by atoms with Crippen molar-refractivity contribution in [3.8, 4) is 0 Å². The summed E-state index contributed by atoms with van der Waals surface area (Å²) in [4.78, 5) is 16.0. The fraction of sp³-hybridized carbons (Fsp3) is 0.143. The summed E-state index contributed by atoms with van der Waals surface area (Å²) in [5, 5.41) is 11.8. The van der Waals surface area contributed by atoms with Gasteiger partial charge < -0.3 is 10.4 Å². The first-order chi connectivity index (χ1) is 9.10. The average molecular weight is 321 g/mol. The first kappa shape index (κ1) is 13.7. The number of amides is 1. The Labute approximate surface area is 119 Å². The number of aliphatic hydroxyl groups excluding tert-OH is 1. The maximum Gasteiger partial charge on any atom is 0.255 e. The molecule has 0 aliphatic heterocycles. The minimum Gasteiger partial charge on any atom is -0.390 e. The van der Waals surface area contributed by atoms with Gasteiger partial charge in [0.15, 0.2) is 0 Å². The summed E-state index contributed by atoms with van der Waals surface area (Å²) in [6, 6.07) is 8.83. The second-order valence-electron chi connectivity index (χ2n) is 4.11. The Bertz CT molecular complexity index is 614. The molecule has 4 nitrogen and oxygen atoms in total. The number of hydrogen-bond acceptors (Lipinski definition) is 3. The Morgan fingerprint density at radius 3 is 2.84 bits per heavy atom. The summed E-state index contributed by atoms with van der Waals surface area (Å²) in [7, 11) is 0. The van der Waals surface area contributed by atoms with Gasteiger partial charge in [-0.25, -0.2) is 0 Å². The highest BCUT2D eigenvalue weighted by Gasteiger charge is 2.08. The van der Waals surface area contributed by atoms with Crippen molar-refractivity contribution in [3.63, 3.8) is 0 Å². The van der Waals surface area contributed by atoms with E-state index in [4.69, 9.17) is 5.11 Å². The number of carbonyl (C=O) groups is 1. The molecule has 0 unspecified atom stereocenters. The summed E-state index contributed by atoms with van der Waals surface area (Å²) in [6.07, 6.45) is 1.51. The normalized spacial score (nSPS) is 10.3. The lowest BCUT2D eigenvalue weighted by Crippen LogP contribution is -2.13. The van der Waals surface area contributed by atoms with E-state index < -0.39 is 0 Å². The standard InChI is InChI=1S/C14H13BrN2O2/c1-9-6-11(15)2-3-13(9)17-14(19)10-4-5-16-12(7-10)8-18/h2-7,18H,8H2,1H3,(H,17,19). The van der Waals surface area contributed by atoms with Crippen molar-refractivity contribution >= 4 is 27.5 Å². The van der Waals surface area contributed by atoms with E-state index in [-0.39, 0.29) is 12.5 Å². The van der Waals surface area contributed by atoms with E-state index in [1.54, 1.807) is 12.1 Å². The van der Waals surface area contributed by atoms with Crippen LogP contribution in [0, 0.1) is 6.92 Å². The van der Waals surface area contributed by atoms with Gasteiger partial charge in [0.2, 0.25) is 0 Å². The number of benzene rings is 1. The third-order valence-electron chi connectivity index (χ3n) is 2.68. The summed E-state index contributed by atoms with van der Waals surface area (Å²) >= 11 is 3.38. The minimum atomic E-state index is -0.220. The lowest BCUT2D eigenvalue weighted by Gasteiger charge is -2.09. The smallest absolute Gasteiger partial charge is 0.255 e. The molecule has 0 radical (unpaired) electrons. The molecular formula is C14H13BrN2O2. The van der Waals surface area contributed by atoms with E-state index in [9.17, 15) is 4.79 Å². The predicted molar refractivity (Wildman–Crippen MR) is 77.0 cm³/mol. The average Bonchev–Trinajstić information content (AvgIpc) is 2.42. The molecule has 1 aromatic heterocycles. The molecule has 0 spiro atoms. The van der Waals surface area contributed by atoms with Crippen LogP contribution in [0.4, 0.5) is 5.69 Å². The van der Waals surface area contributed by atoms with E-state index in [2.05, 4.69) is 26.2 Å². The van der Waals surface area contributed by atoms with Crippen molar-refractivity contribution < 1.29 is 9.90 Å². The highest BCUT2D eigenvalue weighted by Crippen LogP contribution is 2.20. The number of aliphatic hydroxyl groups is 1. The molecule has 0 fully saturated rings. The summed E-state index contributed by atoms with van der Waals surface area (Å²) in [5.74, 6) is -0.220. The highest BCUT2D eigenvalue weighted by atomic mass is 79.9. The van der Waals surface area contributed by atoms with Crippen molar-refractivity contribution in [1.82, 2.24) is 4.98 Å². The van der Waals surface area contributed by atoms with Crippen LogP contribution in [0.5, 0.6) is 0 Å². The number of rotatable bonds is 3. The first-order valence-corrected chi connectivity index (χ1v) is 6.53. The second kappa shape index (κ2) is 5.95. The Hall–Kier alpha value is -1.72. The van der Waals surface area contributed by atoms with Crippen molar-refractivity contribution in [2.24, 2.45) is 0 Å². The molecule has 0 aliphatic rings. The van der Waals surface area contributed by atoms with Crippen molar-refractivity contribution in [1.29, 1.82) is 0 Å². The third-order valence-corrected chi connectivity index (χ3v) is 3.17. The van der Waals surface area contributed by atoms with Gasteiger partial charge >= 0.3 is 0 Å². The molecule has 0 bridgehead atoms. The quantitative estimate of drug-likeness (QED) is 0.914. The fourth-order valence-corrected chi connectivity index (χ4v) is 2.14. The molecule has 0 aliphatic carbocycles. The van der Waals surface area contributed by atoms with Gasteiger partial charge in [0.05, 0.1) is 12.3 Å². The number of pyridine rings is 1. The van der Waals surface area contributed by atoms with Crippen LogP contribution < -0.4 is 5.32 Å². The van der Waals surface area contributed by atoms with Crippen LogP contribution in [-0.4, -0.2) is 16.0 Å². The zero-order valence-electron chi connectivity index (χ0n) is 10.4. The van der Waals surface area contributed by atoms with E-state index in [1.807, 2.05) is 25.1 Å². The zero-order chi connectivity index (χ0) is 13.8. The van der Waals surface area contributed by atoms with Crippen LogP contribution in [0.15, 0.2) is 41.0 Å². The molecule has 0 saturated carbocycles. The molecule has 2 aromatic rings. The van der Waals surface area contributed by atoms with E-state index >= 15 is 0 Å². The van der Waals surface area contributed by atoms with Gasteiger partial charge in [-0.3, -0.25) is 9.78 Å². The van der Waals surface area contributed by atoms with Crippen LogP contribution in [0.3, 0.4) is 0 Å². The number of carbonyl (C=O) groups excluding carboxylic acids is 1. The van der Waals surface area contributed by atoms with E-state index in [1.165, 1.54) is 6.20 Å². The van der Waals surface area contributed by atoms with Crippen LogP contribution in [0.25, 0.3) is 0 Å². The molecule has 1 aromatic carbocycles. The zero-order valence-corrected chi connectivity index (χ0v) is 11.9. The molecule has 2 rings (SSSR count). The number of aromatic nitrogens is 1. The largest absolute Gasteiger partial charge is 0.390 e. The first-order valence-electron chi connectivity index (χ1n) is 5.73. The molecule has 1 heterocycles. The van der Waals surface area contributed by atoms with Gasteiger partial charge in [-0.2, -0.15) is 0 Å². The highest BCUT2D eigenvalue weighted by molar-refractivity contribution is 9.10. The van der Waals surface area contributed by atoms with Crippen LogP contribution in [-0.2, 0) is 6.61 Å². The Balaban J connectivity index is 2.20. The van der Waals surface area contributed by atoms with Gasteiger partial charge in [-0.15, -0.1) is 0 Å². The van der Waals surface area contributed by atoms with Gasteiger partial charge in [0.1, 0.15) is 0 Å². The van der Waals surface area contributed by atoms with E-state index in [0.29, 0.717) is 11.3 Å². The van der Waals surface area contributed by atoms with Gasteiger partial charge in [-0.05, 0) is 42.8 Å². The molecule has 0 saturated heterocycles. The minimum absolute atomic E-state index is 0.182. The Morgan fingerprint density at radius 2 is 2.16 bits per heavy atom. The van der Waals surface area contributed by atoms with Gasteiger partial charge in [0, 0.05) is 21.9 Å². The van der Waals surface area contributed by atoms with Gasteiger partial charge in [-0.1, -0.05) is 15.9 Å². The molecule has 5 heteroatoms. The molecule has 1 amide bonds. The molecule has 19 heavy (non-hydrogen) atoms. The van der Waals surface area contributed by atoms with Crippen LogP contribution in [0.2, 0.25) is 0 Å². The summed E-state index contributed by atoms with van der Waals surface area (Å²) < 4.78 is 0.967. The maximum atomic E-state index is 12.1. The number of aryl methyl sites for hydroxylation is 1. The Kier molecular flexibility index (Phi) is 4.29. The summed E-state index contributed by atoms with van der Waals surface area (Å²) in [5.41, 5.74) is 2.68. The molecule has 98 valence electrons. The Morgan fingerprint density at radius 1 is 1.37 bits per heavy atom. The molecule has 0 atom stereocenters. The number of nitrogens with zero attached hydrogens (tertiary/aromatic N) is 1. The van der Waals surface area contributed by atoms with Gasteiger partial charge in [0.25, 0.3) is 5.91 Å². The van der Waals surface area contributed by atoms with Crippen LogP contribution in [0.1, 0.15) is 21.6 Å². The topological polar surface area (TPSA) is 62.2 Å². The lowest BCUT2D eigenvalue weighted by molar-refractivity contribution is 0.102. The lowest BCUT2D eigenvalue weighted by atomic mass is 10.1. The monoisotopic (exact) mass is 320 g/mol. The number of hydrogen-bond donors (Lipinski definition) is 2. The van der Waals surface area contributed by atoms with Crippen LogP contribution >= 0.6 is 15.9 Å². The maximum absolute atomic E-state index is 12.1. The van der Waals surface area contributed by atoms with Crippen molar-refractivity contribution in [2.75, 3.05) is 5.32 Å². The number of nitrogens with one attached hydrogen (secondary N) is 1. The number of anilines is 1. The number of halogens is 1. The SMILES string of the molecule is Cc1cc(Br)ccc1NC(=O)c1ccnc(CO)c1. The second-order valence-corrected chi connectivity index (χ2v) is 5.02. The fourth-order valence-electron chi connectivity index (χ4n) is 1.67.